The SMILES string of the molecule is CCOc1cc(/C=N/NC(=O)C(c2ccccc2)c2ccccc2)cc(I)c1OCc1cccc2ccccc12. The van der Waals surface area contributed by atoms with E-state index in [1.54, 1.807) is 6.21 Å². The summed E-state index contributed by atoms with van der Waals surface area (Å²) in [6.07, 6.45) is 1.63. The Morgan fingerprint density at radius 3 is 2.20 bits per heavy atom. The minimum atomic E-state index is -0.469. The minimum Gasteiger partial charge on any atom is -0.490 e. The Kier molecular flexibility index (Phi) is 9.08. The van der Waals surface area contributed by atoms with Gasteiger partial charge in [0, 0.05) is 0 Å². The lowest BCUT2D eigenvalue weighted by atomic mass is 9.91. The van der Waals surface area contributed by atoms with Gasteiger partial charge in [-0.05, 0) is 74.7 Å². The normalized spacial score (nSPS) is 11.2. The number of rotatable bonds is 10. The second-order valence-electron chi connectivity index (χ2n) is 9.18. The predicted molar refractivity (Wildman–Crippen MR) is 169 cm³/mol. The minimum absolute atomic E-state index is 0.205. The molecule has 0 heterocycles. The van der Waals surface area contributed by atoms with E-state index in [1.807, 2.05) is 97.9 Å². The Labute approximate surface area is 248 Å². The first-order chi connectivity index (χ1) is 19.6. The standard InChI is InChI=1S/C34H29IN2O3/c1-2-39-31-21-24(20-30(35)33(31)40-23-28-18-11-17-25-12-9-10-19-29(25)28)22-36-37-34(38)32(26-13-5-3-6-14-26)27-15-7-4-8-16-27/h3-22,32H,2,23H2,1H3,(H,37,38)/b36-22+. The van der Waals surface area contributed by atoms with Crippen LogP contribution in [0, 0.1) is 3.57 Å². The molecule has 5 aromatic rings. The molecule has 0 aliphatic heterocycles. The van der Waals surface area contributed by atoms with Gasteiger partial charge in [-0.25, -0.2) is 5.43 Å². The number of benzene rings is 5. The Morgan fingerprint density at radius 1 is 0.850 bits per heavy atom. The van der Waals surface area contributed by atoms with Crippen LogP contribution in [0.4, 0.5) is 0 Å². The van der Waals surface area contributed by atoms with E-state index in [1.165, 1.54) is 10.8 Å². The highest BCUT2D eigenvalue weighted by atomic mass is 127. The van der Waals surface area contributed by atoms with Crippen LogP contribution in [-0.4, -0.2) is 18.7 Å². The lowest BCUT2D eigenvalue weighted by Gasteiger charge is -2.16. The Bertz CT molecular complexity index is 1580. The van der Waals surface area contributed by atoms with Crippen LogP contribution in [0.25, 0.3) is 10.8 Å². The molecule has 0 spiro atoms. The van der Waals surface area contributed by atoms with Gasteiger partial charge in [0.25, 0.3) is 5.91 Å². The highest BCUT2D eigenvalue weighted by molar-refractivity contribution is 14.1. The second kappa shape index (κ2) is 13.3. The molecule has 0 atom stereocenters. The third kappa shape index (κ3) is 6.51. The lowest BCUT2D eigenvalue weighted by molar-refractivity contribution is -0.121. The van der Waals surface area contributed by atoms with Crippen molar-refractivity contribution < 1.29 is 14.3 Å². The number of ether oxygens (including phenoxy) is 2. The quantitative estimate of drug-likeness (QED) is 0.0967. The molecular weight excluding hydrogens is 611 g/mol. The smallest absolute Gasteiger partial charge is 0.252 e. The van der Waals surface area contributed by atoms with Crippen molar-refractivity contribution in [3.8, 4) is 11.5 Å². The zero-order chi connectivity index (χ0) is 27.7. The molecule has 0 fully saturated rings. The van der Waals surface area contributed by atoms with E-state index in [-0.39, 0.29) is 5.91 Å². The summed E-state index contributed by atoms with van der Waals surface area (Å²) in [7, 11) is 0. The lowest BCUT2D eigenvalue weighted by Crippen LogP contribution is -2.26. The number of carbonyl (C=O) groups is 1. The highest BCUT2D eigenvalue weighted by Crippen LogP contribution is 2.35. The Hall–Kier alpha value is -4.17. The van der Waals surface area contributed by atoms with E-state index >= 15 is 0 Å². The van der Waals surface area contributed by atoms with Crippen LogP contribution in [0.1, 0.15) is 35.1 Å². The van der Waals surface area contributed by atoms with E-state index in [9.17, 15) is 4.79 Å². The van der Waals surface area contributed by atoms with Crippen molar-refractivity contribution in [2.24, 2.45) is 5.10 Å². The fraction of sp³-hybridized carbons (Fsp3) is 0.118. The summed E-state index contributed by atoms with van der Waals surface area (Å²) in [5.74, 6) is 0.644. The molecule has 1 N–H and O–H groups in total. The first-order valence-corrected chi connectivity index (χ1v) is 14.2. The first kappa shape index (κ1) is 27.4. The highest BCUT2D eigenvalue weighted by Gasteiger charge is 2.22. The molecule has 5 aromatic carbocycles. The number of hydrogen-bond acceptors (Lipinski definition) is 4. The zero-order valence-corrected chi connectivity index (χ0v) is 24.2. The topological polar surface area (TPSA) is 59.9 Å². The molecular formula is C34H29IN2O3. The van der Waals surface area contributed by atoms with Crippen LogP contribution in [0.15, 0.2) is 120 Å². The summed E-state index contributed by atoms with van der Waals surface area (Å²) in [6.45, 7) is 2.85. The number of hydrogen-bond donors (Lipinski definition) is 1. The third-order valence-electron chi connectivity index (χ3n) is 6.50. The second-order valence-corrected chi connectivity index (χ2v) is 10.3. The first-order valence-electron chi connectivity index (χ1n) is 13.1. The molecule has 0 aliphatic carbocycles. The molecule has 5 rings (SSSR count). The van der Waals surface area contributed by atoms with Gasteiger partial charge in [0.15, 0.2) is 11.5 Å². The van der Waals surface area contributed by atoms with Gasteiger partial charge in [-0.15, -0.1) is 0 Å². The van der Waals surface area contributed by atoms with Crippen molar-refractivity contribution in [1.29, 1.82) is 0 Å². The summed E-state index contributed by atoms with van der Waals surface area (Å²) in [4.78, 5) is 13.3. The van der Waals surface area contributed by atoms with Crippen molar-refractivity contribution >= 4 is 45.5 Å². The van der Waals surface area contributed by atoms with Crippen LogP contribution < -0.4 is 14.9 Å². The number of carbonyl (C=O) groups excluding carboxylic acids is 1. The van der Waals surface area contributed by atoms with Crippen molar-refractivity contribution in [1.82, 2.24) is 5.43 Å². The van der Waals surface area contributed by atoms with Gasteiger partial charge in [0.1, 0.15) is 6.61 Å². The largest absolute Gasteiger partial charge is 0.490 e. The molecule has 0 aliphatic rings. The maximum absolute atomic E-state index is 13.3. The monoisotopic (exact) mass is 640 g/mol. The van der Waals surface area contributed by atoms with Crippen LogP contribution in [-0.2, 0) is 11.4 Å². The number of halogens is 1. The molecule has 5 nitrogen and oxygen atoms in total. The van der Waals surface area contributed by atoms with Crippen molar-refractivity contribution in [2.45, 2.75) is 19.4 Å². The molecule has 0 unspecified atom stereocenters. The van der Waals surface area contributed by atoms with E-state index in [4.69, 9.17) is 9.47 Å². The predicted octanol–water partition coefficient (Wildman–Crippen LogP) is 7.70. The summed E-state index contributed by atoms with van der Waals surface area (Å²) in [6, 6.07) is 37.8. The van der Waals surface area contributed by atoms with Gasteiger partial charge in [0.2, 0.25) is 0 Å². The van der Waals surface area contributed by atoms with Crippen LogP contribution in [0.5, 0.6) is 11.5 Å². The fourth-order valence-electron chi connectivity index (χ4n) is 4.65. The van der Waals surface area contributed by atoms with Gasteiger partial charge in [-0.1, -0.05) is 103 Å². The van der Waals surface area contributed by atoms with Gasteiger partial charge in [-0.2, -0.15) is 5.10 Å². The maximum atomic E-state index is 13.3. The Balaban J connectivity index is 1.33. The van der Waals surface area contributed by atoms with E-state index in [2.05, 4.69) is 57.4 Å². The number of hydrazone groups is 1. The van der Waals surface area contributed by atoms with Gasteiger partial charge in [0.05, 0.1) is 22.3 Å². The maximum Gasteiger partial charge on any atom is 0.252 e. The Morgan fingerprint density at radius 2 is 1.50 bits per heavy atom. The molecule has 0 saturated carbocycles. The summed E-state index contributed by atoms with van der Waals surface area (Å²) < 4.78 is 13.1. The van der Waals surface area contributed by atoms with Crippen LogP contribution >= 0.6 is 22.6 Å². The van der Waals surface area contributed by atoms with Crippen molar-refractivity contribution in [2.75, 3.05) is 6.61 Å². The molecule has 0 bridgehead atoms. The summed E-state index contributed by atoms with van der Waals surface area (Å²) in [5.41, 5.74) is 6.44. The van der Waals surface area contributed by atoms with Gasteiger partial charge >= 0.3 is 0 Å². The zero-order valence-electron chi connectivity index (χ0n) is 22.1. The average Bonchev–Trinajstić information content (AvgIpc) is 2.98. The molecule has 40 heavy (non-hydrogen) atoms. The van der Waals surface area contributed by atoms with E-state index < -0.39 is 5.92 Å². The van der Waals surface area contributed by atoms with Gasteiger partial charge < -0.3 is 9.47 Å². The molecule has 0 saturated heterocycles. The number of amides is 1. The van der Waals surface area contributed by atoms with Crippen molar-refractivity contribution in [3.63, 3.8) is 0 Å². The van der Waals surface area contributed by atoms with E-state index in [0.717, 1.165) is 25.8 Å². The van der Waals surface area contributed by atoms with Gasteiger partial charge in [-0.3, -0.25) is 4.79 Å². The fourth-order valence-corrected chi connectivity index (χ4v) is 5.44. The number of nitrogens with one attached hydrogen (secondary N) is 1. The summed E-state index contributed by atoms with van der Waals surface area (Å²) >= 11 is 2.25. The van der Waals surface area contributed by atoms with Crippen molar-refractivity contribution in [3.05, 3.63) is 141 Å². The molecule has 1 amide bonds. The van der Waals surface area contributed by atoms with E-state index in [0.29, 0.717) is 24.7 Å². The molecule has 0 aromatic heterocycles. The molecule has 6 heteroatoms. The number of fused-ring (bicyclic) bond motifs is 1. The third-order valence-corrected chi connectivity index (χ3v) is 7.30. The average molecular weight is 641 g/mol. The van der Waals surface area contributed by atoms with Crippen LogP contribution in [0.3, 0.4) is 0 Å². The van der Waals surface area contributed by atoms with Crippen LogP contribution in [0.2, 0.25) is 0 Å². The number of nitrogens with zero attached hydrogens (tertiary/aromatic N) is 1. The molecule has 0 radical (unpaired) electrons. The summed E-state index contributed by atoms with van der Waals surface area (Å²) in [5, 5.41) is 6.64. The molecule has 200 valence electrons.